The molecule has 140 valence electrons. The lowest BCUT2D eigenvalue weighted by Crippen LogP contribution is -2.36. The molecule has 1 aliphatic rings. The normalized spacial score (nSPS) is 26.1. The zero-order valence-electron chi connectivity index (χ0n) is 12.9. The maximum atomic E-state index is 12.7. The van der Waals surface area contributed by atoms with Crippen LogP contribution >= 0.6 is 12.4 Å². The van der Waals surface area contributed by atoms with Crippen LogP contribution in [0, 0.1) is 0 Å². The fraction of sp³-hybridized carbons (Fsp3) is 0.583. The Morgan fingerprint density at radius 2 is 1.96 bits per heavy atom. The van der Waals surface area contributed by atoms with Crippen LogP contribution in [0.25, 0.3) is 11.2 Å². The van der Waals surface area contributed by atoms with Crippen molar-refractivity contribution < 1.29 is 20.1 Å². The van der Waals surface area contributed by atoms with E-state index in [9.17, 15) is 24.9 Å². The number of H-pyrrole nitrogens is 1. The largest absolute Gasteiger partial charge is 0.394 e. The van der Waals surface area contributed by atoms with Crippen LogP contribution in [0.2, 0.25) is 0 Å². The number of rotatable bonds is 4. The number of nitrogens with zero attached hydrogens (tertiary/aromatic N) is 3. The molecule has 0 spiro atoms. The van der Waals surface area contributed by atoms with Gasteiger partial charge in [-0.3, -0.25) is 14.3 Å². The van der Waals surface area contributed by atoms with E-state index in [1.54, 1.807) is 0 Å². The average molecular weight is 379 g/mol. The molecule has 0 radical (unpaired) electrons. The molecule has 12 nitrogen and oxygen atoms in total. The second-order valence-electron chi connectivity index (χ2n) is 5.45. The molecule has 0 aliphatic carbocycles. The zero-order chi connectivity index (χ0) is 17.6. The van der Waals surface area contributed by atoms with Crippen LogP contribution in [-0.4, -0.2) is 65.9 Å². The third kappa shape index (κ3) is 2.92. The number of aromatic amines is 1. The van der Waals surface area contributed by atoms with E-state index >= 15 is 0 Å². The number of halogens is 1. The lowest BCUT2D eigenvalue weighted by Gasteiger charge is -2.15. The number of hydrogen-bond acceptors (Lipinski definition) is 9. The van der Waals surface area contributed by atoms with Gasteiger partial charge in [0.2, 0.25) is 5.95 Å². The summed E-state index contributed by atoms with van der Waals surface area (Å²) in [5.74, 6) is -0.224. The predicted octanol–water partition coefficient (Wildman–Crippen LogP) is -3.54. The molecule has 3 heterocycles. The van der Waals surface area contributed by atoms with E-state index in [4.69, 9.17) is 16.2 Å². The van der Waals surface area contributed by atoms with Gasteiger partial charge in [-0.05, 0) is 0 Å². The summed E-state index contributed by atoms with van der Waals surface area (Å²) in [6.45, 7) is -0.439. The summed E-state index contributed by atoms with van der Waals surface area (Å²) < 4.78 is 7.38. The molecule has 1 saturated heterocycles. The molecular weight excluding hydrogens is 360 g/mol. The fourth-order valence-corrected chi connectivity index (χ4v) is 2.86. The Balaban J connectivity index is 0.00000225. The first kappa shape index (κ1) is 19.4. The average Bonchev–Trinajstić information content (AvgIpc) is 2.96. The summed E-state index contributed by atoms with van der Waals surface area (Å²) in [5, 5.41) is 29.2. The highest BCUT2D eigenvalue weighted by Crippen LogP contribution is 2.30. The maximum Gasteiger partial charge on any atom is 0.332 e. The number of imidazole rings is 1. The van der Waals surface area contributed by atoms with Gasteiger partial charge in [0, 0.05) is 13.1 Å². The summed E-state index contributed by atoms with van der Waals surface area (Å²) in [5.41, 5.74) is 9.48. The lowest BCUT2D eigenvalue weighted by molar-refractivity contribution is -0.0527. The minimum Gasteiger partial charge on any atom is -0.394 e. The predicted molar refractivity (Wildman–Crippen MR) is 88.3 cm³/mol. The number of nitrogen functional groups attached to an aromatic ring is 1. The molecule has 2 aromatic heterocycles. The van der Waals surface area contributed by atoms with Crippen molar-refractivity contribution in [3.8, 4) is 0 Å². The number of ether oxygens (including phenoxy) is 1. The minimum atomic E-state index is -1.50. The molecule has 4 atom stereocenters. The first-order valence-corrected chi connectivity index (χ1v) is 7.23. The van der Waals surface area contributed by atoms with Crippen molar-refractivity contribution in [3.63, 3.8) is 0 Å². The Morgan fingerprint density at radius 3 is 2.52 bits per heavy atom. The van der Waals surface area contributed by atoms with E-state index in [0.29, 0.717) is 0 Å². The van der Waals surface area contributed by atoms with Crippen molar-refractivity contribution >= 4 is 29.5 Å². The van der Waals surface area contributed by atoms with Crippen molar-refractivity contribution in [2.24, 2.45) is 5.73 Å². The zero-order valence-corrected chi connectivity index (χ0v) is 13.7. The first-order chi connectivity index (χ1) is 11.4. The molecule has 1 fully saturated rings. The molecule has 0 amide bonds. The SMILES string of the molecule is Cl.NCCn1c(=O)n([C@@H]2O[C@H](CO)[C@H](O)[C@H]2O)c2nc(N)[nH]c(=O)c21. The standard InChI is InChI=1S/C12H18N6O6.ClH/c13-1-2-17-5-8(15-11(14)16-9(5)22)18(12(17)23)10-7(21)6(20)4(3-19)24-10;/h4,6-7,10,19-21H,1-3,13H2,(H3,14,15,16,22);1H/t4-,6+,7-,10-;/m1./s1. The monoisotopic (exact) mass is 378 g/mol. The van der Waals surface area contributed by atoms with Crippen LogP contribution in [0.5, 0.6) is 0 Å². The van der Waals surface area contributed by atoms with Gasteiger partial charge in [-0.2, -0.15) is 4.98 Å². The van der Waals surface area contributed by atoms with Crippen LogP contribution in [0.15, 0.2) is 9.59 Å². The highest BCUT2D eigenvalue weighted by Gasteiger charge is 2.45. The molecular formula is C12H19ClN6O6. The number of aromatic nitrogens is 4. The van der Waals surface area contributed by atoms with E-state index < -0.39 is 42.4 Å². The highest BCUT2D eigenvalue weighted by molar-refractivity contribution is 5.85. The number of anilines is 1. The topological polar surface area (TPSA) is 195 Å². The second-order valence-corrected chi connectivity index (χ2v) is 5.45. The van der Waals surface area contributed by atoms with Gasteiger partial charge in [-0.25, -0.2) is 9.36 Å². The van der Waals surface area contributed by atoms with E-state index in [1.165, 1.54) is 0 Å². The van der Waals surface area contributed by atoms with Crippen LogP contribution in [-0.2, 0) is 11.3 Å². The van der Waals surface area contributed by atoms with Crippen LogP contribution in [0.4, 0.5) is 5.95 Å². The molecule has 1 aliphatic heterocycles. The molecule has 25 heavy (non-hydrogen) atoms. The number of nitrogens with one attached hydrogen (secondary N) is 1. The molecule has 0 unspecified atom stereocenters. The van der Waals surface area contributed by atoms with E-state index in [0.717, 1.165) is 9.13 Å². The fourth-order valence-electron chi connectivity index (χ4n) is 2.86. The van der Waals surface area contributed by atoms with Gasteiger partial charge in [0.25, 0.3) is 5.56 Å². The Bertz CT molecular complexity index is 877. The Kier molecular flexibility index (Phi) is 5.51. The van der Waals surface area contributed by atoms with Crippen molar-refractivity contribution in [1.29, 1.82) is 0 Å². The number of aliphatic hydroxyl groups is 3. The van der Waals surface area contributed by atoms with Crippen LogP contribution < -0.4 is 22.7 Å². The van der Waals surface area contributed by atoms with Gasteiger partial charge in [0.15, 0.2) is 17.4 Å². The van der Waals surface area contributed by atoms with Crippen LogP contribution in [0.1, 0.15) is 6.23 Å². The number of aliphatic hydroxyl groups excluding tert-OH is 3. The highest BCUT2D eigenvalue weighted by atomic mass is 35.5. The number of fused-ring (bicyclic) bond motifs is 1. The second kappa shape index (κ2) is 7.11. The van der Waals surface area contributed by atoms with Gasteiger partial charge < -0.3 is 31.5 Å². The first-order valence-electron chi connectivity index (χ1n) is 7.23. The summed E-state index contributed by atoms with van der Waals surface area (Å²) in [4.78, 5) is 31.1. The Labute approximate surface area is 146 Å². The molecule has 3 rings (SSSR count). The van der Waals surface area contributed by atoms with Crippen molar-refractivity contribution in [3.05, 3.63) is 20.8 Å². The summed E-state index contributed by atoms with van der Waals surface area (Å²) in [6, 6.07) is 0. The Hall–Kier alpha value is -1.96. The van der Waals surface area contributed by atoms with Gasteiger partial charge in [0.05, 0.1) is 6.61 Å². The molecule has 13 heteroatoms. The smallest absolute Gasteiger partial charge is 0.332 e. The number of hydrogen-bond donors (Lipinski definition) is 6. The van der Waals surface area contributed by atoms with E-state index in [-0.39, 0.29) is 42.6 Å². The maximum absolute atomic E-state index is 12.7. The molecule has 2 aromatic rings. The lowest BCUT2D eigenvalue weighted by atomic mass is 10.1. The quantitative estimate of drug-likeness (QED) is 0.312. The molecule has 0 bridgehead atoms. The van der Waals surface area contributed by atoms with Gasteiger partial charge in [-0.1, -0.05) is 0 Å². The number of nitrogens with two attached hydrogens (primary N) is 2. The molecule has 0 saturated carbocycles. The summed E-state index contributed by atoms with van der Waals surface area (Å²) in [6.07, 6.45) is -5.32. The minimum absolute atomic E-state index is 0. The van der Waals surface area contributed by atoms with E-state index in [2.05, 4.69) is 9.97 Å². The summed E-state index contributed by atoms with van der Waals surface area (Å²) in [7, 11) is 0. The van der Waals surface area contributed by atoms with Gasteiger partial charge in [0.1, 0.15) is 18.3 Å². The molecule has 8 N–H and O–H groups in total. The third-order valence-electron chi connectivity index (χ3n) is 3.95. The van der Waals surface area contributed by atoms with Crippen molar-refractivity contribution in [2.75, 3.05) is 18.9 Å². The van der Waals surface area contributed by atoms with Crippen LogP contribution in [0.3, 0.4) is 0 Å². The van der Waals surface area contributed by atoms with E-state index in [1.807, 2.05) is 0 Å². The molecule has 0 aromatic carbocycles. The van der Waals surface area contributed by atoms with Crippen molar-refractivity contribution in [1.82, 2.24) is 19.1 Å². The van der Waals surface area contributed by atoms with Crippen molar-refractivity contribution in [2.45, 2.75) is 31.1 Å². The third-order valence-corrected chi connectivity index (χ3v) is 3.95. The Morgan fingerprint density at radius 1 is 1.28 bits per heavy atom. The van der Waals surface area contributed by atoms with Gasteiger partial charge >= 0.3 is 5.69 Å². The van der Waals surface area contributed by atoms with Gasteiger partial charge in [-0.15, -0.1) is 12.4 Å². The summed E-state index contributed by atoms with van der Waals surface area (Å²) >= 11 is 0.